The fourth-order valence-corrected chi connectivity index (χ4v) is 0.112. The van der Waals surface area contributed by atoms with Gasteiger partial charge in [0.2, 0.25) is 0 Å². The summed E-state index contributed by atoms with van der Waals surface area (Å²) in [6, 6.07) is 0. The van der Waals surface area contributed by atoms with Gasteiger partial charge in [0.05, 0.1) is 0 Å². The van der Waals surface area contributed by atoms with E-state index in [0.717, 1.165) is 13.1 Å². The van der Waals surface area contributed by atoms with Crippen molar-refractivity contribution in [3.05, 3.63) is 13.8 Å². The molecule has 0 aliphatic heterocycles. The van der Waals surface area contributed by atoms with Crippen molar-refractivity contribution < 1.29 is 21.1 Å². The van der Waals surface area contributed by atoms with Gasteiger partial charge < -0.3 is 18.7 Å². The Morgan fingerprint density at radius 3 is 1.09 bits per heavy atom. The average Bonchev–Trinajstić information content (AvgIpc) is 2.10. The molecule has 0 atom stereocenters. The fourth-order valence-electron chi connectivity index (χ4n) is 0.112. The number of nitrogens with zero attached hydrogens (tertiary/aromatic N) is 1. The summed E-state index contributed by atoms with van der Waals surface area (Å²) in [6.07, 6.45) is 0. The van der Waals surface area contributed by atoms with Crippen molar-refractivity contribution in [3.8, 4) is 0 Å². The van der Waals surface area contributed by atoms with Crippen molar-refractivity contribution in [2.45, 2.75) is 27.7 Å². The minimum Gasteiger partial charge on any atom is -0.365 e. The Morgan fingerprint density at radius 2 is 1.09 bits per heavy atom. The third-order valence-electron chi connectivity index (χ3n) is 0.763. The Balaban J connectivity index is -0.0000000428. The molecule has 11 heavy (non-hydrogen) atoms. The zero-order valence-electron chi connectivity index (χ0n) is 8.68. The maximum Gasteiger partial charge on any atom is 2.00 e. The van der Waals surface area contributed by atoms with Gasteiger partial charge in [-0.1, -0.05) is 27.7 Å². The van der Waals surface area contributed by atoms with Gasteiger partial charge in [0.15, 0.2) is 0 Å². The molecule has 0 aromatic heterocycles. The van der Waals surface area contributed by atoms with E-state index in [2.05, 4.69) is 13.8 Å². The van der Waals surface area contributed by atoms with Gasteiger partial charge in [0.25, 0.3) is 0 Å². The first-order chi connectivity index (χ1) is 4.81. The van der Waals surface area contributed by atoms with Crippen LogP contribution in [0.25, 0.3) is 0 Å². The van der Waals surface area contributed by atoms with Crippen LogP contribution < -0.4 is 0 Å². The molecule has 70 valence electrons. The van der Waals surface area contributed by atoms with Crippen molar-refractivity contribution in [3.63, 3.8) is 0 Å². The summed E-state index contributed by atoms with van der Waals surface area (Å²) < 4.78 is 0. The first-order valence-corrected chi connectivity index (χ1v) is 4.08. The zero-order chi connectivity index (χ0) is 8.99. The van der Waals surface area contributed by atoms with Gasteiger partial charge in [-0.3, -0.25) is 0 Å². The topological polar surface area (TPSA) is 3.24 Å². The molecule has 0 bridgehead atoms. The normalized spacial score (nSPS) is 6.55. The second-order valence-corrected chi connectivity index (χ2v) is 1.30. The van der Waals surface area contributed by atoms with Crippen LogP contribution in [0.5, 0.6) is 0 Å². The predicted octanol–water partition coefficient (Wildman–Crippen LogP) is 2.64. The van der Waals surface area contributed by atoms with Gasteiger partial charge in [0.1, 0.15) is 0 Å². The Labute approximate surface area is 87.8 Å². The third-order valence-corrected chi connectivity index (χ3v) is 0.763. The van der Waals surface area contributed by atoms with Crippen molar-refractivity contribution in [2.24, 2.45) is 0 Å². The number of hydrogen-bond donors (Lipinski definition) is 0. The summed E-state index contributed by atoms with van der Waals surface area (Å²) in [5.41, 5.74) is 0. The minimum atomic E-state index is 0. The van der Waals surface area contributed by atoms with Crippen LogP contribution >= 0.6 is 0 Å². The smallest absolute Gasteiger partial charge is 0.365 e. The maximum atomic E-state index is 3.64. The molecule has 0 heterocycles. The first-order valence-electron chi connectivity index (χ1n) is 4.08. The molecular weight excluding hydrogens is 306 g/mol. The predicted molar refractivity (Wildman–Crippen MR) is 50.9 cm³/mol. The molecule has 0 spiro atoms. The Kier molecular flexibility index (Phi) is 63.8. The van der Waals surface area contributed by atoms with Crippen molar-refractivity contribution in [1.82, 2.24) is 4.90 Å². The van der Waals surface area contributed by atoms with Gasteiger partial charge in [-0.2, -0.15) is 0 Å². The second-order valence-electron chi connectivity index (χ2n) is 1.30. The van der Waals surface area contributed by atoms with E-state index in [1.165, 1.54) is 0 Å². The molecule has 0 aliphatic carbocycles. The fraction of sp³-hybridized carbons (Fsp3) is 0.778. The monoisotopic (exact) mass is 329 g/mol. The molecule has 0 aromatic carbocycles. The molecule has 0 saturated carbocycles. The van der Waals surface area contributed by atoms with Crippen molar-refractivity contribution >= 4 is 0 Å². The van der Waals surface area contributed by atoms with E-state index in [9.17, 15) is 0 Å². The van der Waals surface area contributed by atoms with Gasteiger partial charge in [-0.15, -0.1) is 13.1 Å². The van der Waals surface area contributed by atoms with Crippen LogP contribution in [0.15, 0.2) is 0 Å². The van der Waals surface area contributed by atoms with Crippen LogP contribution in [0.1, 0.15) is 27.7 Å². The molecule has 0 rings (SSSR count). The molecule has 0 amide bonds. The summed E-state index contributed by atoms with van der Waals surface area (Å²) in [6.45, 7) is 17.0. The van der Waals surface area contributed by atoms with Gasteiger partial charge in [0, 0.05) is 0 Å². The first kappa shape index (κ1) is 22.6. The van der Waals surface area contributed by atoms with E-state index in [1.54, 1.807) is 0 Å². The molecule has 0 radical (unpaired) electrons. The van der Waals surface area contributed by atoms with Crippen LogP contribution in [-0.4, -0.2) is 25.0 Å². The van der Waals surface area contributed by atoms with E-state index in [0.29, 0.717) is 0 Å². The SMILES string of the molecule is CC.CC.[CH2-]CN(C)C[CH2-].[W+2]. The summed E-state index contributed by atoms with van der Waals surface area (Å²) in [5.74, 6) is 0. The zero-order valence-corrected chi connectivity index (χ0v) is 11.6. The molecule has 2 heteroatoms. The molecule has 0 aliphatic rings. The van der Waals surface area contributed by atoms with Gasteiger partial charge >= 0.3 is 21.1 Å². The molecule has 0 aromatic rings. The van der Waals surface area contributed by atoms with E-state index >= 15 is 0 Å². The summed E-state index contributed by atoms with van der Waals surface area (Å²) in [5, 5.41) is 0. The van der Waals surface area contributed by atoms with Crippen molar-refractivity contribution in [2.75, 3.05) is 20.1 Å². The molecule has 1 nitrogen and oxygen atoms in total. The molecule has 0 fully saturated rings. The largest absolute Gasteiger partial charge is 2.00 e. The van der Waals surface area contributed by atoms with Gasteiger partial charge in [-0.05, 0) is 7.05 Å². The van der Waals surface area contributed by atoms with Crippen LogP contribution in [-0.2, 0) is 21.1 Å². The van der Waals surface area contributed by atoms with E-state index in [4.69, 9.17) is 0 Å². The van der Waals surface area contributed by atoms with E-state index < -0.39 is 0 Å². The quantitative estimate of drug-likeness (QED) is 0.704. The van der Waals surface area contributed by atoms with Crippen LogP contribution in [0.4, 0.5) is 0 Å². The second kappa shape index (κ2) is 31.1. The summed E-state index contributed by atoms with van der Waals surface area (Å²) in [7, 11) is 1.99. The Hall–Kier alpha value is 0.648. The summed E-state index contributed by atoms with van der Waals surface area (Å²) in [4.78, 5) is 2.03. The van der Waals surface area contributed by atoms with E-state index in [-0.39, 0.29) is 21.1 Å². The molecular formula is C9H23NW. The number of hydrogen-bond acceptors (Lipinski definition) is 1. The third kappa shape index (κ3) is 36.9. The minimum absolute atomic E-state index is 0. The average molecular weight is 329 g/mol. The van der Waals surface area contributed by atoms with Crippen LogP contribution in [0, 0.1) is 13.8 Å². The standard InChI is InChI=1S/C5H11N.2C2H6.W/c1-4-6(3)5-2;2*1-2;/h1-2,4-5H2,3H3;2*1-2H3;/q-2;;;+2. The number of rotatable bonds is 2. The van der Waals surface area contributed by atoms with Gasteiger partial charge in [-0.25, -0.2) is 0 Å². The maximum absolute atomic E-state index is 3.64. The Bertz CT molecular complexity index is 28.7. The molecule has 0 N–H and O–H groups in total. The Morgan fingerprint density at radius 1 is 0.909 bits per heavy atom. The van der Waals surface area contributed by atoms with Crippen molar-refractivity contribution in [1.29, 1.82) is 0 Å². The van der Waals surface area contributed by atoms with Crippen LogP contribution in [0.3, 0.4) is 0 Å². The van der Waals surface area contributed by atoms with E-state index in [1.807, 2.05) is 39.6 Å². The molecule has 0 saturated heterocycles. The summed E-state index contributed by atoms with van der Waals surface area (Å²) >= 11 is 0. The molecule has 0 unspecified atom stereocenters. The van der Waals surface area contributed by atoms with Crippen LogP contribution in [0.2, 0.25) is 0 Å².